The molecule has 0 saturated heterocycles. The Morgan fingerprint density at radius 3 is 2.18 bits per heavy atom. The van der Waals surface area contributed by atoms with Crippen LogP contribution >= 0.6 is 0 Å². The molecular weight excluding hydrogens is 376 g/mol. The highest BCUT2D eigenvalue weighted by atomic mass is 32.2. The Hall–Kier alpha value is -1.47. The molecule has 0 unspecified atom stereocenters. The van der Waals surface area contributed by atoms with E-state index < -0.39 is 14.8 Å². The van der Waals surface area contributed by atoms with Crippen molar-refractivity contribution >= 4 is 15.7 Å². The Bertz CT molecular complexity index is 720. The summed E-state index contributed by atoms with van der Waals surface area (Å²) in [4.78, 5) is 0. The molecule has 0 spiro atoms. The van der Waals surface area contributed by atoms with Gasteiger partial charge in [0.1, 0.15) is 0 Å². The van der Waals surface area contributed by atoms with E-state index in [1.165, 1.54) is 0 Å². The molecule has 1 aromatic rings. The van der Waals surface area contributed by atoms with Crippen LogP contribution in [0.5, 0.6) is 11.5 Å². The fourth-order valence-electron chi connectivity index (χ4n) is 3.30. The van der Waals surface area contributed by atoms with Crippen molar-refractivity contribution in [1.82, 2.24) is 4.72 Å². The van der Waals surface area contributed by atoms with Gasteiger partial charge in [-0.25, -0.2) is 13.1 Å². The van der Waals surface area contributed by atoms with Crippen molar-refractivity contribution in [3.8, 4) is 11.5 Å². The first kappa shape index (κ1) is 22.8. The summed E-state index contributed by atoms with van der Waals surface area (Å²) in [5, 5.41) is 3.50. The zero-order valence-electron chi connectivity index (χ0n) is 17.9. The maximum absolute atomic E-state index is 12.3. The molecule has 0 radical (unpaired) electrons. The molecule has 0 atom stereocenters. The van der Waals surface area contributed by atoms with Crippen molar-refractivity contribution in [2.24, 2.45) is 5.92 Å². The van der Waals surface area contributed by atoms with Crippen molar-refractivity contribution in [3.05, 3.63) is 18.2 Å². The van der Waals surface area contributed by atoms with Gasteiger partial charge < -0.3 is 14.8 Å². The second-order valence-electron chi connectivity index (χ2n) is 8.36. The summed E-state index contributed by atoms with van der Waals surface area (Å²) >= 11 is 0. The highest BCUT2D eigenvalue weighted by Crippen LogP contribution is 2.32. The first-order valence-electron chi connectivity index (χ1n) is 10.3. The number of hydrogen-bond acceptors (Lipinski definition) is 5. The predicted molar refractivity (Wildman–Crippen MR) is 115 cm³/mol. The van der Waals surface area contributed by atoms with Gasteiger partial charge in [-0.1, -0.05) is 0 Å². The van der Waals surface area contributed by atoms with Gasteiger partial charge in [0.25, 0.3) is 0 Å². The molecule has 0 aliphatic heterocycles. The number of hydrogen-bond donors (Lipinski definition) is 2. The van der Waals surface area contributed by atoms with Gasteiger partial charge in [-0.15, -0.1) is 0 Å². The molecule has 160 valence electrons. The number of sulfonamides is 1. The van der Waals surface area contributed by atoms with Gasteiger partial charge in [-0.2, -0.15) is 0 Å². The number of ether oxygens (including phenoxy) is 2. The Morgan fingerprint density at radius 2 is 1.61 bits per heavy atom. The molecule has 0 bridgehead atoms. The van der Waals surface area contributed by atoms with Gasteiger partial charge in [0, 0.05) is 24.3 Å². The highest BCUT2D eigenvalue weighted by molar-refractivity contribution is 7.90. The minimum Gasteiger partial charge on any atom is -0.490 e. The van der Waals surface area contributed by atoms with Gasteiger partial charge in [0.2, 0.25) is 10.0 Å². The monoisotopic (exact) mass is 412 g/mol. The second-order valence-corrected chi connectivity index (χ2v) is 10.8. The Kier molecular flexibility index (Phi) is 8.01. The Labute approximate surface area is 170 Å². The lowest BCUT2D eigenvalue weighted by Crippen LogP contribution is -2.46. The van der Waals surface area contributed by atoms with Crippen LogP contribution in [0.4, 0.5) is 5.69 Å². The Morgan fingerprint density at radius 1 is 1.00 bits per heavy atom. The van der Waals surface area contributed by atoms with E-state index in [0.29, 0.717) is 19.1 Å². The van der Waals surface area contributed by atoms with Crippen molar-refractivity contribution in [3.63, 3.8) is 0 Å². The molecule has 1 saturated carbocycles. The standard InChI is InChI=1S/C21H36N2O4S/c1-6-26-19-13-12-18(14-20(19)27-7-2)22-15-16-8-10-17(11-9-16)23-28(24,25)21(3,4)5/h12-14,16-17,22-23H,6-11,15H2,1-5H3. The largest absolute Gasteiger partial charge is 0.490 e. The number of benzene rings is 1. The van der Waals surface area contributed by atoms with E-state index in [-0.39, 0.29) is 6.04 Å². The van der Waals surface area contributed by atoms with Gasteiger partial charge in [-0.3, -0.25) is 0 Å². The van der Waals surface area contributed by atoms with E-state index in [1.54, 1.807) is 20.8 Å². The lowest BCUT2D eigenvalue weighted by molar-refractivity contribution is 0.288. The maximum atomic E-state index is 12.3. The topological polar surface area (TPSA) is 76.7 Å². The fourth-order valence-corrected chi connectivity index (χ4v) is 4.33. The van der Waals surface area contributed by atoms with Crippen LogP contribution in [0.15, 0.2) is 18.2 Å². The molecular formula is C21H36N2O4S. The summed E-state index contributed by atoms with van der Waals surface area (Å²) in [6.07, 6.45) is 3.80. The second kappa shape index (κ2) is 9.83. The lowest BCUT2D eigenvalue weighted by Gasteiger charge is -2.31. The molecule has 0 amide bonds. The van der Waals surface area contributed by atoms with Crippen LogP contribution in [-0.4, -0.2) is 39.0 Å². The molecule has 1 aromatic carbocycles. The van der Waals surface area contributed by atoms with Crippen LogP contribution in [-0.2, 0) is 10.0 Å². The van der Waals surface area contributed by atoms with Crippen molar-refractivity contribution in [2.75, 3.05) is 25.1 Å². The molecule has 2 N–H and O–H groups in total. The minimum absolute atomic E-state index is 0.0514. The van der Waals surface area contributed by atoms with Gasteiger partial charge in [0.15, 0.2) is 11.5 Å². The number of rotatable bonds is 9. The van der Waals surface area contributed by atoms with Crippen molar-refractivity contribution < 1.29 is 17.9 Å². The summed E-state index contributed by atoms with van der Waals surface area (Å²) < 4.78 is 38.1. The third-order valence-electron chi connectivity index (χ3n) is 5.11. The van der Waals surface area contributed by atoms with Crippen LogP contribution in [0.3, 0.4) is 0 Å². The summed E-state index contributed by atoms with van der Waals surface area (Å²) in [6.45, 7) is 11.2. The SMILES string of the molecule is CCOc1ccc(NCC2CCC(NS(=O)(=O)C(C)(C)C)CC2)cc1OCC. The van der Waals surface area contributed by atoms with E-state index in [1.807, 2.05) is 32.0 Å². The van der Waals surface area contributed by atoms with Crippen molar-refractivity contribution in [2.45, 2.75) is 71.1 Å². The zero-order chi connectivity index (χ0) is 20.8. The minimum atomic E-state index is -3.28. The third kappa shape index (κ3) is 6.27. The molecule has 0 heterocycles. The molecule has 6 nitrogen and oxygen atoms in total. The summed E-state index contributed by atoms with van der Waals surface area (Å²) in [6, 6.07) is 5.99. The van der Waals surface area contributed by atoms with Crippen LogP contribution < -0.4 is 19.5 Å². The molecule has 28 heavy (non-hydrogen) atoms. The zero-order valence-corrected chi connectivity index (χ0v) is 18.7. The lowest BCUT2D eigenvalue weighted by atomic mass is 9.86. The molecule has 1 aliphatic rings. The van der Waals surface area contributed by atoms with Gasteiger partial charge in [0.05, 0.1) is 18.0 Å². The summed E-state index contributed by atoms with van der Waals surface area (Å²) in [5.74, 6) is 2.06. The average molecular weight is 413 g/mol. The highest BCUT2D eigenvalue weighted by Gasteiger charge is 2.32. The molecule has 7 heteroatoms. The molecule has 2 rings (SSSR count). The van der Waals surface area contributed by atoms with Crippen LogP contribution in [0.25, 0.3) is 0 Å². The van der Waals surface area contributed by atoms with E-state index in [2.05, 4.69) is 10.0 Å². The smallest absolute Gasteiger partial charge is 0.216 e. The molecule has 1 fully saturated rings. The van der Waals surface area contributed by atoms with Crippen LogP contribution in [0.1, 0.15) is 60.3 Å². The van der Waals surface area contributed by atoms with Crippen molar-refractivity contribution in [1.29, 1.82) is 0 Å². The third-order valence-corrected chi connectivity index (χ3v) is 7.37. The van der Waals surface area contributed by atoms with E-state index in [0.717, 1.165) is 49.4 Å². The van der Waals surface area contributed by atoms with Gasteiger partial charge in [-0.05, 0) is 78.4 Å². The Balaban J connectivity index is 1.85. The summed E-state index contributed by atoms with van der Waals surface area (Å²) in [7, 11) is -3.28. The maximum Gasteiger partial charge on any atom is 0.216 e. The van der Waals surface area contributed by atoms with E-state index in [4.69, 9.17) is 9.47 Å². The van der Waals surface area contributed by atoms with Crippen LogP contribution in [0.2, 0.25) is 0 Å². The predicted octanol–water partition coefficient (Wildman–Crippen LogP) is 4.17. The first-order chi connectivity index (χ1) is 13.2. The molecule has 1 aliphatic carbocycles. The number of nitrogens with one attached hydrogen (secondary N) is 2. The van der Waals surface area contributed by atoms with E-state index >= 15 is 0 Å². The normalized spacial score (nSPS) is 20.6. The molecule has 0 aromatic heterocycles. The quantitative estimate of drug-likeness (QED) is 0.636. The van der Waals surface area contributed by atoms with Crippen LogP contribution in [0, 0.1) is 5.92 Å². The first-order valence-corrected chi connectivity index (χ1v) is 11.8. The van der Waals surface area contributed by atoms with Gasteiger partial charge >= 0.3 is 0 Å². The summed E-state index contributed by atoms with van der Waals surface area (Å²) in [5.41, 5.74) is 1.02. The average Bonchev–Trinajstić information content (AvgIpc) is 2.62. The fraction of sp³-hybridized carbons (Fsp3) is 0.714. The van der Waals surface area contributed by atoms with E-state index in [9.17, 15) is 8.42 Å². The number of anilines is 1.